The van der Waals surface area contributed by atoms with Gasteiger partial charge in [-0.1, -0.05) is 37.3 Å². The van der Waals surface area contributed by atoms with Crippen molar-refractivity contribution in [1.29, 1.82) is 0 Å². The first-order valence-electron chi connectivity index (χ1n) is 6.50. The first kappa shape index (κ1) is 13.7. The zero-order valence-corrected chi connectivity index (χ0v) is 12.2. The Morgan fingerprint density at radius 1 is 1.47 bits per heavy atom. The lowest BCUT2D eigenvalue weighted by atomic mass is 10.2. The molecule has 2 aromatic rings. The van der Waals surface area contributed by atoms with Gasteiger partial charge in [0.25, 0.3) is 0 Å². The summed E-state index contributed by atoms with van der Waals surface area (Å²) in [4.78, 5) is 16.5. The second kappa shape index (κ2) is 5.97. The molecule has 1 amide bonds. The minimum absolute atomic E-state index is 0.0833. The summed E-state index contributed by atoms with van der Waals surface area (Å²) < 4.78 is 3.21. The Kier molecular flexibility index (Phi) is 4.32. The molecule has 0 saturated heterocycles. The van der Waals surface area contributed by atoms with E-state index in [2.05, 4.69) is 36.7 Å². The predicted octanol–water partition coefficient (Wildman–Crippen LogP) is 3.29. The molecule has 0 spiro atoms. The van der Waals surface area contributed by atoms with Crippen LogP contribution in [0.1, 0.15) is 25.8 Å². The van der Waals surface area contributed by atoms with E-state index in [9.17, 15) is 4.79 Å². The summed E-state index contributed by atoms with van der Waals surface area (Å²) in [6.45, 7) is 8.40. The number of hydrogen-bond acceptors (Lipinski definition) is 2. The van der Waals surface area contributed by atoms with Crippen LogP contribution in [0.2, 0.25) is 0 Å². The van der Waals surface area contributed by atoms with Gasteiger partial charge in [0.1, 0.15) is 0 Å². The Balaban J connectivity index is 2.68. The molecular weight excluding hydrogens is 256 g/mol. The molecule has 19 heavy (non-hydrogen) atoms. The molecule has 1 aromatic carbocycles. The first-order valence-corrected chi connectivity index (χ1v) is 7.32. The Morgan fingerprint density at radius 3 is 2.89 bits per heavy atom. The van der Waals surface area contributed by atoms with E-state index in [1.54, 1.807) is 11.3 Å². The van der Waals surface area contributed by atoms with Crippen LogP contribution in [0.5, 0.6) is 0 Å². The van der Waals surface area contributed by atoms with Gasteiger partial charge >= 0.3 is 0 Å². The van der Waals surface area contributed by atoms with Crippen molar-refractivity contribution >= 4 is 27.5 Å². The zero-order chi connectivity index (χ0) is 13.8. The third kappa shape index (κ3) is 2.84. The molecule has 0 fully saturated rings. The Bertz CT molecular complexity index is 679. The molecular formula is C15H18N2OS. The van der Waals surface area contributed by atoms with Gasteiger partial charge in [-0.15, -0.1) is 6.58 Å². The number of nitrogens with zero attached hydrogens (tertiary/aromatic N) is 2. The average molecular weight is 274 g/mol. The van der Waals surface area contributed by atoms with Gasteiger partial charge < -0.3 is 4.57 Å². The smallest absolute Gasteiger partial charge is 0.248 e. The van der Waals surface area contributed by atoms with Crippen molar-refractivity contribution in [2.45, 2.75) is 33.2 Å². The second-order valence-electron chi connectivity index (χ2n) is 4.30. The number of amides is 1. The standard InChI is InChI=1S/C15H18N2OS/c1-4-9-17-12-8-7-11(5-2)10-13(12)19-15(17)16-14(18)6-3/h4,7-8,10H,1,5-6,9H2,2-3H3. The Hall–Kier alpha value is -1.68. The van der Waals surface area contributed by atoms with Gasteiger partial charge in [-0.25, -0.2) is 0 Å². The first-order chi connectivity index (χ1) is 9.19. The Labute approximate surface area is 116 Å². The molecule has 0 atom stereocenters. The van der Waals surface area contributed by atoms with Crippen molar-refractivity contribution in [2.24, 2.45) is 4.99 Å². The molecule has 0 aliphatic rings. The van der Waals surface area contributed by atoms with Gasteiger partial charge in [0.05, 0.1) is 10.2 Å². The summed E-state index contributed by atoms with van der Waals surface area (Å²) >= 11 is 1.56. The van der Waals surface area contributed by atoms with E-state index >= 15 is 0 Å². The summed E-state index contributed by atoms with van der Waals surface area (Å²) in [5, 5.41) is 0. The van der Waals surface area contributed by atoms with Crippen LogP contribution in [-0.4, -0.2) is 10.5 Å². The molecule has 0 N–H and O–H groups in total. The summed E-state index contributed by atoms with van der Waals surface area (Å²) in [6.07, 6.45) is 3.27. The molecule has 3 nitrogen and oxygen atoms in total. The molecule has 0 radical (unpaired) electrons. The lowest BCUT2D eigenvalue weighted by Crippen LogP contribution is -2.15. The van der Waals surface area contributed by atoms with Crippen LogP contribution >= 0.6 is 11.3 Å². The van der Waals surface area contributed by atoms with Crippen LogP contribution in [-0.2, 0) is 17.8 Å². The maximum absolute atomic E-state index is 11.5. The largest absolute Gasteiger partial charge is 0.313 e. The average Bonchev–Trinajstić information content (AvgIpc) is 2.76. The number of carbonyl (C=O) groups is 1. The summed E-state index contributed by atoms with van der Waals surface area (Å²) in [5.41, 5.74) is 2.41. The molecule has 2 rings (SSSR count). The highest BCUT2D eigenvalue weighted by Crippen LogP contribution is 2.19. The topological polar surface area (TPSA) is 34.4 Å². The number of aryl methyl sites for hydroxylation is 1. The van der Waals surface area contributed by atoms with Crippen molar-refractivity contribution in [3.8, 4) is 0 Å². The van der Waals surface area contributed by atoms with Gasteiger partial charge in [0.15, 0.2) is 4.80 Å². The number of rotatable bonds is 4. The maximum atomic E-state index is 11.5. The van der Waals surface area contributed by atoms with Crippen molar-refractivity contribution in [2.75, 3.05) is 0 Å². The van der Waals surface area contributed by atoms with E-state index in [0.29, 0.717) is 13.0 Å². The summed E-state index contributed by atoms with van der Waals surface area (Å²) in [7, 11) is 0. The van der Waals surface area contributed by atoms with E-state index in [1.807, 2.05) is 17.6 Å². The van der Waals surface area contributed by atoms with E-state index < -0.39 is 0 Å². The third-order valence-electron chi connectivity index (χ3n) is 2.99. The fourth-order valence-corrected chi connectivity index (χ4v) is 3.03. The molecule has 1 heterocycles. The fraction of sp³-hybridized carbons (Fsp3) is 0.333. The molecule has 100 valence electrons. The third-order valence-corrected chi connectivity index (χ3v) is 4.03. The van der Waals surface area contributed by atoms with Crippen LogP contribution in [0.25, 0.3) is 10.2 Å². The molecule has 0 aliphatic heterocycles. The highest BCUT2D eigenvalue weighted by molar-refractivity contribution is 7.16. The van der Waals surface area contributed by atoms with Crippen LogP contribution in [0.4, 0.5) is 0 Å². The molecule has 0 bridgehead atoms. The van der Waals surface area contributed by atoms with Crippen molar-refractivity contribution in [1.82, 2.24) is 4.57 Å². The highest BCUT2D eigenvalue weighted by Gasteiger charge is 2.06. The van der Waals surface area contributed by atoms with Gasteiger partial charge in [0, 0.05) is 13.0 Å². The molecule has 0 aliphatic carbocycles. The van der Waals surface area contributed by atoms with Crippen molar-refractivity contribution < 1.29 is 4.79 Å². The van der Waals surface area contributed by atoms with E-state index in [-0.39, 0.29) is 5.91 Å². The van der Waals surface area contributed by atoms with E-state index in [4.69, 9.17) is 0 Å². The lowest BCUT2D eigenvalue weighted by molar-refractivity contribution is -0.117. The normalized spacial score (nSPS) is 12.0. The number of carbonyl (C=O) groups excluding carboxylic acids is 1. The minimum Gasteiger partial charge on any atom is -0.313 e. The van der Waals surface area contributed by atoms with Crippen LogP contribution in [0.3, 0.4) is 0 Å². The van der Waals surface area contributed by atoms with Gasteiger partial charge in [-0.3, -0.25) is 4.79 Å². The van der Waals surface area contributed by atoms with Gasteiger partial charge in [-0.2, -0.15) is 4.99 Å². The van der Waals surface area contributed by atoms with Crippen molar-refractivity contribution in [3.63, 3.8) is 0 Å². The quantitative estimate of drug-likeness (QED) is 0.788. The molecule has 1 aromatic heterocycles. The SMILES string of the molecule is C=CCn1c(=NC(=O)CC)sc2cc(CC)ccc21. The number of benzene rings is 1. The lowest BCUT2D eigenvalue weighted by Gasteiger charge is -2.01. The summed E-state index contributed by atoms with van der Waals surface area (Å²) in [5.74, 6) is -0.0833. The number of allylic oxidation sites excluding steroid dienone is 1. The predicted molar refractivity (Wildman–Crippen MR) is 80.3 cm³/mol. The summed E-state index contributed by atoms with van der Waals surface area (Å²) in [6, 6.07) is 6.40. The van der Waals surface area contributed by atoms with Gasteiger partial charge in [-0.05, 0) is 24.1 Å². The Morgan fingerprint density at radius 2 is 2.26 bits per heavy atom. The number of thiazole rings is 1. The molecule has 0 saturated carbocycles. The van der Waals surface area contributed by atoms with Crippen LogP contribution in [0.15, 0.2) is 35.8 Å². The number of aromatic nitrogens is 1. The van der Waals surface area contributed by atoms with Crippen LogP contribution < -0.4 is 4.80 Å². The second-order valence-corrected chi connectivity index (χ2v) is 5.31. The maximum Gasteiger partial charge on any atom is 0.248 e. The van der Waals surface area contributed by atoms with Crippen molar-refractivity contribution in [3.05, 3.63) is 41.2 Å². The van der Waals surface area contributed by atoms with Gasteiger partial charge in [0.2, 0.25) is 5.91 Å². The zero-order valence-electron chi connectivity index (χ0n) is 11.3. The number of fused-ring (bicyclic) bond motifs is 1. The highest BCUT2D eigenvalue weighted by atomic mass is 32.1. The molecule has 0 unspecified atom stereocenters. The fourth-order valence-electron chi connectivity index (χ4n) is 1.91. The van der Waals surface area contributed by atoms with E-state index in [1.165, 1.54) is 10.3 Å². The van der Waals surface area contributed by atoms with Crippen LogP contribution in [0, 0.1) is 0 Å². The minimum atomic E-state index is -0.0833. The molecule has 4 heteroatoms. The monoisotopic (exact) mass is 274 g/mol. The number of hydrogen-bond donors (Lipinski definition) is 0. The van der Waals surface area contributed by atoms with E-state index in [0.717, 1.165) is 16.7 Å².